The molecule has 1 aliphatic rings. The second-order valence-corrected chi connectivity index (χ2v) is 5.24. The highest BCUT2D eigenvalue weighted by atomic mass is 16.5. The maximum absolute atomic E-state index is 12.8. The maximum atomic E-state index is 12.8. The van der Waals surface area contributed by atoms with Crippen LogP contribution in [-0.4, -0.2) is 19.5 Å². The molecule has 0 aliphatic carbocycles. The van der Waals surface area contributed by atoms with E-state index in [1.54, 1.807) is 7.11 Å². The number of aryl methyl sites for hydroxylation is 1. The molecule has 0 amide bonds. The molecule has 2 aromatic carbocycles. The van der Waals surface area contributed by atoms with E-state index in [-0.39, 0.29) is 5.78 Å². The quantitative estimate of drug-likeness (QED) is 0.808. The summed E-state index contributed by atoms with van der Waals surface area (Å²) in [5.74, 6) is 0.774. The maximum Gasteiger partial charge on any atom is 0.196 e. The molecule has 1 aliphatic heterocycles. The molecule has 3 heteroatoms. The molecular weight excluding hydrogens is 264 g/mol. The van der Waals surface area contributed by atoms with E-state index in [2.05, 4.69) is 6.07 Å². The van der Waals surface area contributed by atoms with Crippen molar-refractivity contribution in [3.63, 3.8) is 0 Å². The van der Waals surface area contributed by atoms with Gasteiger partial charge in [-0.3, -0.25) is 4.79 Å². The predicted molar refractivity (Wildman–Crippen MR) is 80.9 cm³/mol. The lowest BCUT2D eigenvalue weighted by Crippen LogP contribution is -2.24. The second kappa shape index (κ2) is 5.70. The smallest absolute Gasteiger partial charge is 0.196 e. The van der Waals surface area contributed by atoms with Crippen molar-refractivity contribution in [2.45, 2.75) is 19.4 Å². The summed E-state index contributed by atoms with van der Waals surface area (Å²) in [4.78, 5) is 12.8. The van der Waals surface area contributed by atoms with E-state index >= 15 is 0 Å². The summed E-state index contributed by atoms with van der Waals surface area (Å²) in [7, 11) is 1.62. The highest BCUT2D eigenvalue weighted by molar-refractivity contribution is 6.01. The van der Waals surface area contributed by atoms with Crippen LogP contribution in [0.3, 0.4) is 0 Å². The Hall–Kier alpha value is -2.13. The molecule has 1 atom stereocenters. The number of fused-ring (bicyclic) bond motifs is 1. The summed E-state index contributed by atoms with van der Waals surface area (Å²) in [6.07, 6.45) is 0.365. The molecule has 0 saturated heterocycles. The number of Topliss-reactive ketones (excluding diaryl/α,β-unsaturated/α-hetero) is 1. The molecule has 21 heavy (non-hydrogen) atoms. The number of rotatable bonds is 3. The Kier molecular flexibility index (Phi) is 3.76. The monoisotopic (exact) mass is 282 g/mol. The molecule has 0 fully saturated rings. The van der Waals surface area contributed by atoms with Crippen LogP contribution in [0, 0.1) is 6.92 Å². The van der Waals surface area contributed by atoms with Gasteiger partial charge < -0.3 is 9.47 Å². The lowest BCUT2D eigenvalue weighted by molar-refractivity contribution is 0.0348. The molecule has 108 valence electrons. The van der Waals surface area contributed by atoms with Crippen LogP contribution in [0.25, 0.3) is 0 Å². The van der Waals surface area contributed by atoms with Gasteiger partial charge in [0.15, 0.2) is 5.78 Å². The van der Waals surface area contributed by atoms with E-state index in [1.807, 2.05) is 43.3 Å². The number of hydrogen-bond acceptors (Lipinski definition) is 3. The molecule has 3 nitrogen and oxygen atoms in total. The fraction of sp³-hybridized carbons (Fsp3) is 0.278. The van der Waals surface area contributed by atoms with Gasteiger partial charge in [-0.1, -0.05) is 24.3 Å². The number of ether oxygens (including phenoxy) is 2. The number of carbonyl (C=O) groups excluding carboxylic acids is 1. The Morgan fingerprint density at radius 3 is 2.81 bits per heavy atom. The summed E-state index contributed by atoms with van der Waals surface area (Å²) in [5.41, 5.74) is 3.79. The summed E-state index contributed by atoms with van der Waals surface area (Å²) < 4.78 is 10.9. The Morgan fingerprint density at radius 2 is 2.05 bits per heavy atom. The third-order valence-electron chi connectivity index (χ3n) is 3.93. The van der Waals surface area contributed by atoms with Crippen LogP contribution in [0.1, 0.15) is 33.2 Å². The summed E-state index contributed by atoms with van der Waals surface area (Å²) in [6.45, 7) is 2.51. The van der Waals surface area contributed by atoms with Gasteiger partial charge in [-0.05, 0) is 48.2 Å². The molecule has 0 aromatic heterocycles. The zero-order chi connectivity index (χ0) is 14.8. The van der Waals surface area contributed by atoms with Gasteiger partial charge in [-0.25, -0.2) is 0 Å². The normalized spacial score (nSPS) is 17.1. The van der Waals surface area contributed by atoms with Crippen molar-refractivity contribution in [1.82, 2.24) is 0 Å². The van der Waals surface area contributed by atoms with Crippen molar-refractivity contribution >= 4 is 5.78 Å². The minimum Gasteiger partial charge on any atom is -0.497 e. The average molecular weight is 282 g/mol. The predicted octanol–water partition coefficient (Wildman–Crippen LogP) is 3.50. The first-order valence-corrected chi connectivity index (χ1v) is 7.09. The molecule has 0 spiro atoms. The fourth-order valence-electron chi connectivity index (χ4n) is 2.79. The van der Waals surface area contributed by atoms with Crippen molar-refractivity contribution in [3.05, 3.63) is 64.7 Å². The van der Waals surface area contributed by atoms with E-state index in [9.17, 15) is 4.79 Å². The van der Waals surface area contributed by atoms with Gasteiger partial charge in [0.1, 0.15) is 11.9 Å². The van der Waals surface area contributed by atoms with E-state index in [0.29, 0.717) is 12.2 Å². The van der Waals surface area contributed by atoms with Crippen LogP contribution in [-0.2, 0) is 11.2 Å². The number of methoxy groups -OCH3 is 1. The van der Waals surface area contributed by atoms with Crippen LogP contribution >= 0.6 is 0 Å². The number of hydrogen-bond donors (Lipinski definition) is 0. The highest BCUT2D eigenvalue weighted by Crippen LogP contribution is 2.31. The molecular formula is C18H18O3. The molecule has 1 heterocycles. The molecule has 0 radical (unpaired) electrons. The molecule has 0 saturated carbocycles. The lowest BCUT2D eigenvalue weighted by Gasteiger charge is -2.25. The van der Waals surface area contributed by atoms with E-state index in [4.69, 9.17) is 9.47 Å². The number of benzene rings is 2. The zero-order valence-corrected chi connectivity index (χ0v) is 12.3. The van der Waals surface area contributed by atoms with Gasteiger partial charge in [0, 0.05) is 5.56 Å². The van der Waals surface area contributed by atoms with Crippen LogP contribution in [0.15, 0.2) is 42.5 Å². The van der Waals surface area contributed by atoms with Crippen LogP contribution < -0.4 is 4.74 Å². The number of carbonyl (C=O) groups is 1. The van der Waals surface area contributed by atoms with Crippen LogP contribution in [0.2, 0.25) is 0 Å². The topological polar surface area (TPSA) is 35.5 Å². The van der Waals surface area contributed by atoms with Gasteiger partial charge in [0.05, 0.1) is 13.7 Å². The first kappa shape index (κ1) is 13.8. The summed E-state index contributed by atoms with van der Waals surface area (Å²) >= 11 is 0. The largest absolute Gasteiger partial charge is 0.497 e. The minimum atomic E-state index is -0.498. The van der Waals surface area contributed by atoms with E-state index in [1.165, 1.54) is 5.56 Å². The van der Waals surface area contributed by atoms with Crippen molar-refractivity contribution in [3.8, 4) is 5.75 Å². The first-order valence-electron chi connectivity index (χ1n) is 7.09. The van der Waals surface area contributed by atoms with Crippen molar-refractivity contribution < 1.29 is 14.3 Å². The van der Waals surface area contributed by atoms with Gasteiger partial charge in [-0.15, -0.1) is 0 Å². The molecule has 0 bridgehead atoms. The molecule has 1 unspecified atom stereocenters. The van der Waals surface area contributed by atoms with Crippen molar-refractivity contribution in [1.29, 1.82) is 0 Å². The minimum absolute atomic E-state index is 0.0160. The molecule has 3 rings (SSSR count). The molecule has 2 aromatic rings. The average Bonchev–Trinajstić information content (AvgIpc) is 2.53. The molecule has 0 N–H and O–H groups in total. The Bertz CT molecular complexity index is 676. The van der Waals surface area contributed by atoms with Gasteiger partial charge >= 0.3 is 0 Å². The first-order chi connectivity index (χ1) is 10.2. The summed E-state index contributed by atoms with van der Waals surface area (Å²) in [6, 6.07) is 13.5. The fourth-order valence-corrected chi connectivity index (χ4v) is 2.79. The Morgan fingerprint density at radius 1 is 1.24 bits per heavy atom. The second-order valence-electron chi connectivity index (χ2n) is 5.24. The van der Waals surface area contributed by atoms with Crippen LogP contribution in [0.5, 0.6) is 5.75 Å². The Balaban J connectivity index is 1.97. The summed E-state index contributed by atoms with van der Waals surface area (Å²) in [5, 5.41) is 0. The number of ketones is 1. The Labute approximate surface area is 124 Å². The van der Waals surface area contributed by atoms with Crippen molar-refractivity contribution in [2.75, 3.05) is 13.7 Å². The van der Waals surface area contributed by atoms with E-state index < -0.39 is 6.10 Å². The van der Waals surface area contributed by atoms with E-state index in [0.717, 1.165) is 23.3 Å². The van der Waals surface area contributed by atoms with Crippen LogP contribution in [0.4, 0.5) is 0 Å². The van der Waals surface area contributed by atoms with Gasteiger partial charge in [0.25, 0.3) is 0 Å². The third-order valence-corrected chi connectivity index (χ3v) is 3.93. The lowest BCUT2D eigenvalue weighted by atomic mass is 9.91. The standard InChI is InChI=1S/C18H18O3/c1-12-11-14(20-2)7-8-15(12)17(19)18-16-6-4-3-5-13(16)9-10-21-18/h3-8,11,18H,9-10H2,1-2H3. The third kappa shape index (κ3) is 2.57. The van der Waals surface area contributed by atoms with Gasteiger partial charge in [0.2, 0.25) is 0 Å². The zero-order valence-electron chi connectivity index (χ0n) is 12.3. The van der Waals surface area contributed by atoms with Gasteiger partial charge in [-0.2, -0.15) is 0 Å². The SMILES string of the molecule is COc1ccc(C(=O)C2OCCc3ccccc32)c(C)c1. The highest BCUT2D eigenvalue weighted by Gasteiger charge is 2.28. The van der Waals surface area contributed by atoms with Crippen molar-refractivity contribution in [2.24, 2.45) is 0 Å².